The molecule has 2 fully saturated rings. The Bertz CT molecular complexity index is 663. The summed E-state index contributed by atoms with van der Waals surface area (Å²) in [5, 5.41) is 7.11. The van der Waals surface area contributed by atoms with Crippen molar-refractivity contribution >= 4 is 11.9 Å². The van der Waals surface area contributed by atoms with Gasteiger partial charge < -0.3 is 20.7 Å². The van der Waals surface area contributed by atoms with Crippen LogP contribution in [0.5, 0.6) is 5.75 Å². The van der Waals surface area contributed by atoms with Gasteiger partial charge >= 0.3 is 12.2 Å². The number of carbonyl (C=O) groups excluding carboxylic acids is 2. The number of benzene rings is 1. The van der Waals surface area contributed by atoms with Gasteiger partial charge in [-0.3, -0.25) is 4.79 Å². The van der Waals surface area contributed by atoms with E-state index in [1.165, 1.54) is 0 Å². The standard InChI is InChI=1S/C18H22F3N3O3/c19-18(20,21)15-7-6-14(16(25)24-15)23-17(26)22-12-8-11(9-12)10-27-13-4-2-1-3-5-13/h1-5,11-12,14-15H,6-10H2,(H,24,25)(H2,22,23,26). The first-order valence-electron chi connectivity index (χ1n) is 8.93. The van der Waals surface area contributed by atoms with E-state index in [-0.39, 0.29) is 18.9 Å². The quantitative estimate of drug-likeness (QED) is 0.728. The van der Waals surface area contributed by atoms with Gasteiger partial charge in [-0.2, -0.15) is 13.2 Å². The molecular weight excluding hydrogens is 363 g/mol. The lowest BCUT2D eigenvalue weighted by atomic mass is 9.81. The Morgan fingerprint density at radius 1 is 1.15 bits per heavy atom. The molecule has 3 N–H and O–H groups in total. The van der Waals surface area contributed by atoms with Crippen LogP contribution < -0.4 is 20.7 Å². The monoisotopic (exact) mass is 385 g/mol. The lowest BCUT2D eigenvalue weighted by molar-refractivity contribution is -0.168. The Morgan fingerprint density at radius 2 is 1.85 bits per heavy atom. The van der Waals surface area contributed by atoms with E-state index in [4.69, 9.17) is 4.74 Å². The highest BCUT2D eigenvalue weighted by atomic mass is 19.4. The van der Waals surface area contributed by atoms with Crippen molar-refractivity contribution in [2.75, 3.05) is 6.61 Å². The molecule has 1 aliphatic carbocycles. The fourth-order valence-corrected chi connectivity index (χ4v) is 3.30. The molecule has 2 aliphatic rings. The molecule has 148 valence electrons. The Balaban J connectivity index is 1.33. The van der Waals surface area contributed by atoms with Crippen molar-refractivity contribution in [3.05, 3.63) is 30.3 Å². The average Bonchev–Trinajstić information content (AvgIpc) is 2.58. The zero-order valence-corrected chi connectivity index (χ0v) is 14.6. The molecule has 9 heteroatoms. The molecule has 1 saturated carbocycles. The van der Waals surface area contributed by atoms with Gasteiger partial charge in [-0.15, -0.1) is 0 Å². The third-order valence-corrected chi connectivity index (χ3v) is 4.88. The number of hydrogen-bond acceptors (Lipinski definition) is 3. The second-order valence-corrected chi connectivity index (χ2v) is 7.01. The second kappa shape index (κ2) is 8.06. The number of rotatable bonds is 5. The van der Waals surface area contributed by atoms with Crippen LogP contribution in [-0.2, 0) is 4.79 Å². The van der Waals surface area contributed by atoms with Crippen LogP contribution in [-0.4, -0.2) is 42.8 Å². The number of ether oxygens (including phenoxy) is 1. The third-order valence-electron chi connectivity index (χ3n) is 4.88. The second-order valence-electron chi connectivity index (χ2n) is 7.01. The minimum absolute atomic E-state index is 0.0241. The van der Waals surface area contributed by atoms with Gasteiger partial charge in [0.25, 0.3) is 0 Å². The van der Waals surface area contributed by atoms with E-state index < -0.39 is 30.2 Å². The molecule has 3 rings (SSSR count). The van der Waals surface area contributed by atoms with Crippen LogP contribution in [0.3, 0.4) is 0 Å². The molecule has 1 heterocycles. The fraction of sp³-hybridized carbons (Fsp3) is 0.556. The van der Waals surface area contributed by atoms with Crippen LogP contribution in [0.2, 0.25) is 0 Å². The van der Waals surface area contributed by atoms with Crippen LogP contribution in [0.25, 0.3) is 0 Å². The van der Waals surface area contributed by atoms with E-state index in [2.05, 4.69) is 10.6 Å². The maximum Gasteiger partial charge on any atom is 0.408 e. The van der Waals surface area contributed by atoms with Gasteiger partial charge in [0.1, 0.15) is 17.8 Å². The molecule has 0 spiro atoms. The maximum absolute atomic E-state index is 12.6. The molecule has 1 aliphatic heterocycles. The predicted octanol–water partition coefficient (Wildman–Crippen LogP) is 2.35. The van der Waals surface area contributed by atoms with Gasteiger partial charge in [-0.1, -0.05) is 18.2 Å². The summed E-state index contributed by atoms with van der Waals surface area (Å²) in [6, 6.07) is 6.10. The molecular formula is C18H22F3N3O3. The summed E-state index contributed by atoms with van der Waals surface area (Å²) in [7, 11) is 0. The highest BCUT2D eigenvalue weighted by molar-refractivity contribution is 5.87. The van der Waals surface area contributed by atoms with E-state index in [0.717, 1.165) is 18.6 Å². The largest absolute Gasteiger partial charge is 0.493 e. The van der Waals surface area contributed by atoms with E-state index >= 15 is 0 Å². The SMILES string of the molecule is O=C(NC1CC(COc2ccccc2)C1)NC1CCC(C(F)(F)F)NC1=O. The number of urea groups is 1. The summed E-state index contributed by atoms with van der Waals surface area (Å²) >= 11 is 0. The molecule has 6 nitrogen and oxygen atoms in total. The fourth-order valence-electron chi connectivity index (χ4n) is 3.30. The Kier molecular flexibility index (Phi) is 5.76. The number of nitrogens with one attached hydrogen (secondary N) is 3. The number of para-hydroxylation sites is 1. The molecule has 0 radical (unpaired) electrons. The third kappa shape index (κ3) is 5.27. The van der Waals surface area contributed by atoms with Gasteiger partial charge in [-0.25, -0.2) is 4.79 Å². The minimum atomic E-state index is -4.47. The highest BCUT2D eigenvalue weighted by Gasteiger charge is 2.44. The highest BCUT2D eigenvalue weighted by Crippen LogP contribution is 2.29. The molecule has 3 amide bonds. The molecule has 1 aromatic rings. The smallest absolute Gasteiger partial charge is 0.408 e. The van der Waals surface area contributed by atoms with Crippen LogP contribution in [0, 0.1) is 5.92 Å². The Morgan fingerprint density at radius 3 is 2.48 bits per heavy atom. The van der Waals surface area contributed by atoms with E-state index in [9.17, 15) is 22.8 Å². The molecule has 0 bridgehead atoms. The minimum Gasteiger partial charge on any atom is -0.493 e. The topological polar surface area (TPSA) is 79.5 Å². The normalized spacial score (nSPS) is 27.9. The molecule has 0 aromatic heterocycles. The van der Waals surface area contributed by atoms with Gasteiger partial charge in [0, 0.05) is 6.04 Å². The summed E-state index contributed by atoms with van der Waals surface area (Å²) in [5.41, 5.74) is 0. The van der Waals surface area contributed by atoms with Crippen molar-refractivity contribution < 1.29 is 27.5 Å². The zero-order chi connectivity index (χ0) is 19.4. The average molecular weight is 385 g/mol. The van der Waals surface area contributed by atoms with E-state index in [1.807, 2.05) is 35.6 Å². The van der Waals surface area contributed by atoms with Crippen LogP contribution in [0.4, 0.5) is 18.0 Å². The summed E-state index contributed by atoms with van der Waals surface area (Å²) < 4.78 is 43.5. The first-order chi connectivity index (χ1) is 12.8. The van der Waals surface area contributed by atoms with Crippen molar-refractivity contribution in [3.63, 3.8) is 0 Å². The van der Waals surface area contributed by atoms with Crippen molar-refractivity contribution in [1.82, 2.24) is 16.0 Å². The van der Waals surface area contributed by atoms with Crippen molar-refractivity contribution in [3.8, 4) is 5.75 Å². The van der Waals surface area contributed by atoms with E-state index in [1.54, 1.807) is 0 Å². The first kappa shape index (κ1) is 19.3. The summed E-state index contributed by atoms with van der Waals surface area (Å²) in [5.74, 6) is 0.328. The van der Waals surface area contributed by atoms with Gasteiger partial charge in [0.15, 0.2) is 0 Å². The van der Waals surface area contributed by atoms with Crippen molar-refractivity contribution in [2.45, 2.75) is 50.0 Å². The molecule has 1 saturated heterocycles. The van der Waals surface area contributed by atoms with Crippen LogP contribution in [0.1, 0.15) is 25.7 Å². The van der Waals surface area contributed by atoms with Crippen LogP contribution >= 0.6 is 0 Å². The number of hydrogen-bond donors (Lipinski definition) is 3. The lowest BCUT2D eigenvalue weighted by Crippen LogP contribution is -2.60. The maximum atomic E-state index is 12.6. The molecule has 2 unspecified atom stereocenters. The zero-order valence-electron chi connectivity index (χ0n) is 14.6. The number of piperidine rings is 1. The molecule has 1 aromatic carbocycles. The van der Waals surface area contributed by atoms with Gasteiger partial charge in [0.05, 0.1) is 6.61 Å². The Hall–Kier alpha value is -2.45. The Labute approximate surface area is 154 Å². The van der Waals surface area contributed by atoms with Gasteiger partial charge in [-0.05, 0) is 43.7 Å². The van der Waals surface area contributed by atoms with Crippen molar-refractivity contribution in [2.24, 2.45) is 5.92 Å². The summed E-state index contributed by atoms with van der Waals surface area (Å²) in [6.45, 7) is 0.563. The number of alkyl halides is 3. The number of carbonyl (C=O) groups is 2. The predicted molar refractivity (Wildman–Crippen MR) is 91.1 cm³/mol. The lowest BCUT2D eigenvalue weighted by Gasteiger charge is -2.36. The summed E-state index contributed by atoms with van der Waals surface area (Å²) in [6.07, 6.45) is -3.24. The number of amides is 3. The summed E-state index contributed by atoms with van der Waals surface area (Å²) in [4.78, 5) is 23.7. The molecule has 27 heavy (non-hydrogen) atoms. The van der Waals surface area contributed by atoms with Crippen molar-refractivity contribution in [1.29, 1.82) is 0 Å². The van der Waals surface area contributed by atoms with E-state index in [0.29, 0.717) is 12.5 Å². The van der Waals surface area contributed by atoms with Gasteiger partial charge in [0.2, 0.25) is 5.91 Å². The first-order valence-corrected chi connectivity index (χ1v) is 8.93. The van der Waals surface area contributed by atoms with Crippen LogP contribution in [0.15, 0.2) is 30.3 Å². The molecule has 2 atom stereocenters. The number of halogens is 3.